The largest absolute Gasteiger partial charge is 0.459 e. The van der Waals surface area contributed by atoms with Crippen molar-refractivity contribution in [2.24, 2.45) is 5.92 Å². The van der Waals surface area contributed by atoms with Crippen molar-refractivity contribution >= 4 is 0 Å². The molecule has 1 atom stereocenters. The van der Waals surface area contributed by atoms with Crippen LogP contribution in [0.2, 0.25) is 0 Å². The molecular weight excluding hydrogens is 228 g/mol. The van der Waals surface area contributed by atoms with E-state index < -0.39 is 0 Å². The highest BCUT2D eigenvalue weighted by Crippen LogP contribution is 2.13. The lowest BCUT2D eigenvalue weighted by Gasteiger charge is -2.14. The van der Waals surface area contributed by atoms with Crippen molar-refractivity contribution in [3.63, 3.8) is 0 Å². The average molecular weight is 256 g/mol. The fourth-order valence-electron chi connectivity index (χ4n) is 2.00. The van der Waals surface area contributed by atoms with Crippen molar-refractivity contribution < 1.29 is 14.2 Å². The fraction of sp³-hybridized carbons (Fsp3) is 0.867. The van der Waals surface area contributed by atoms with Gasteiger partial charge in [-0.25, -0.2) is 0 Å². The molecule has 0 saturated heterocycles. The van der Waals surface area contributed by atoms with E-state index in [1.807, 2.05) is 0 Å². The number of unbranched alkanes of at least 4 members (excludes halogenated alkanes) is 1. The summed E-state index contributed by atoms with van der Waals surface area (Å²) in [6.45, 7) is 7.57. The Balaban J connectivity index is 1.84. The minimum absolute atomic E-state index is 0.0616. The number of hydrogen-bond donors (Lipinski definition) is 0. The Morgan fingerprint density at radius 1 is 1.00 bits per heavy atom. The molecule has 0 bridgehead atoms. The van der Waals surface area contributed by atoms with Crippen LogP contribution in [0.15, 0.2) is 12.5 Å². The van der Waals surface area contributed by atoms with Gasteiger partial charge in [0.1, 0.15) is 12.5 Å². The lowest BCUT2D eigenvalue weighted by Crippen LogP contribution is -2.11. The monoisotopic (exact) mass is 256 g/mol. The molecule has 1 aliphatic heterocycles. The summed E-state index contributed by atoms with van der Waals surface area (Å²) in [5.74, 6) is 0.803. The third-order valence-electron chi connectivity index (χ3n) is 3.14. The summed E-state index contributed by atoms with van der Waals surface area (Å²) < 4.78 is 16.2. The predicted molar refractivity (Wildman–Crippen MR) is 73.1 cm³/mol. The summed E-state index contributed by atoms with van der Waals surface area (Å²) in [6, 6.07) is 0. The van der Waals surface area contributed by atoms with Gasteiger partial charge in [0.15, 0.2) is 0 Å². The van der Waals surface area contributed by atoms with E-state index in [1.165, 1.54) is 19.3 Å². The van der Waals surface area contributed by atoms with Crippen LogP contribution in [-0.2, 0) is 14.2 Å². The van der Waals surface area contributed by atoms with Gasteiger partial charge in [-0.15, -0.1) is 0 Å². The zero-order chi connectivity index (χ0) is 13.2. The van der Waals surface area contributed by atoms with Crippen LogP contribution < -0.4 is 0 Å². The lowest BCUT2D eigenvalue weighted by molar-refractivity contribution is -0.0314. The molecule has 1 unspecified atom stereocenters. The van der Waals surface area contributed by atoms with E-state index in [0.717, 1.165) is 31.8 Å². The Morgan fingerprint density at radius 3 is 2.39 bits per heavy atom. The highest BCUT2D eigenvalue weighted by atomic mass is 16.7. The van der Waals surface area contributed by atoms with Crippen LogP contribution >= 0.6 is 0 Å². The van der Waals surface area contributed by atoms with Gasteiger partial charge >= 0.3 is 0 Å². The van der Waals surface area contributed by atoms with Gasteiger partial charge < -0.3 is 14.2 Å². The molecule has 0 spiro atoms. The van der Waals surface area contributed by atoms with Crippen LogP contribution in [0.3, 0.4) is 0 Å². The molecule has 3 nitrogen and oxygen atoms in total. The standard InChI is InChI=1S/C15H28O3/c1-13(2)7-6-8-14(3)16-10-5-4-9-15-17-11-12-18-15/h11-15H,4-10H2,1-3H3. The quantitative estimate of drug-likeness (QED) is 0.547. The van der Waals surface area contributed by atoms with Gasteiger partial charge in [0.2, 0.25) is 6.29 Å². The molecule has 0 aromatic heterocycles. The molecule has 18 heavy (non-hydrogen) atoms. The molecule has 3 heteroatoms. The van der Waals surface area contributed by atoms with Crippen LogP contribution in [0.1, 0.15) is 59.3 Å². The van der Waals surface area contributed by atoms with Crippen LogP contribution in [0.25, 0.3) is 0 Å². The summed E-state index contributed by atoms with van der Waals surface area (Å²) in [5.41, 5.74) is 0. The molecule has 0 fully saturated rings. The number of rotatable bonds is 10. The third kappa shape index (κ3) is 7.59. The first-order valence-electron chi connectivity index (χ1n) is 7.26. The van der Waals surface area contributed by atoms with E-state index in [4.69, 9.17) is 14.2 Å². The van der Waals surface area contributed by atoms with Gasteiger partial charge in [-0.1, -0.05) is 26.7 Å². The molecule has 1 aliphatic rings. The smallest absolute Gasteiger partial charge is 0.239 e. The first-order chi connectivity index (χ1) is 8.68. The maximum absolute atomic E-state index is 5.79. The highest BCUT2D eigenvalue weighted by Gasteiger charge is 2.11. The Morgan fingerprint density at radius 2 is 1.72 bits per heavy atom. The molecule has 0 N–H and O–H groups in total. The summed E-state index contributed by atoms with van der Waals surface area (Å²) in [7, 11) is 0. The van der Waals surface area contributed by atoms with Crippen molar-refractivity contribution in [1.82, 2.24) is 0 Å². The Bertz CT molecular complexity index is 218. The van der Waals surface area contributed by atoms with Gasteiger partial charge in [-0.3, -0.25) is 0 Å². The van der Waals surface area contributed by atoms with Crippen molar-refractivity contribution in [2.75, 3.05) is 6.61 Å². The van der Waals surface area contributed by atoms with Crippen LogP contribution in [-0.4, -0.2) is 19.0 Å². The molecule has 0 aromatic carbocycles. The normalized spacial score (nSPS) is 16.9. The molecule has 106 valence electrons. The molecule has 0 aliphatic carbocycles. The molecular formula is C15H28O3. The van der Waals surface area contributed by atoms with Crippen molar-refractivity contribution in [3.05, 3.63) is 12.5 Å². The second-order valence-electron chi connectivity index (χ2n) is 5.48. The SMILES string of the molecule is CC(C)CCCC(C)OCCCCC1OC=CO1. The van der Waals surface area contributed by atoms with Crippen LogP contribution in [0, 0.1) is 5.92 Å². The molecule has 0 aromatic rings. The zero-order valence-corrected chi connectivity index (χ0v) is 12.1. The second kappa shape index (κ2) is 9.26. The van der Waals surface area contributed by atoms with Crippen LogP contribution in [0.4, 0.5) is 0 Å². The van der Waals surface area contributed by atoms with Gasteiger partial charge in [0.25, 0.3) is 0 Å². The first-order valence-corrected chi connectivity index (χ1v) is 7.26. The van der Waals surface area contributed by atoms with Gasteiger partial charge in [0, 0.05) is 13.0 Å². The number of ether oxygens (including phenoxy) is 3. The Hall–Kier alpha value is -0.700. The molecule has 1 heterocycles. The van der Waals surface area contributed by atoms with E-state index in [2.05, 4.69) is 20.8 Å². The van der Waals surface area contributed by atoms with E-state index >= 15 is 0 Å². The summed E-state index contributed by atoms with van der Waals surface area (Å²) in [6.07, 6.45) is 10.4. The first kappa shape index (κ1) is 15.4. The minimum Gasteiger partial charge on any atom is -0.459 e. The summed E-state index contributed by atoms with van der Waals surface area (Å²) >= 11 is 0. The average Bonchev–Trinajstić information content (AvgIpc) is 2.81. The topological polar surface area (TPSA) is 27.7 Å². The van der Waals surface area contributed by atoms with Crippen molar-refractivity contribution in [2.45, 2.75) is 71.7 Å². The van der Waals surface area contributed by atoms with E-state index in [0.29, 0.717) is 6.10 Å². The van der Waals surface area contributed by atoms with Crippen LogP contribution in [0.5, 0.6) is 0 Å². The third-order valence-corrected chi connectivity index (χ3v) is 3.14. The number of hydrogen-bond acceptors (Lipinski definition) is 3. The van der Waals surface area contributed by atoms with Gasteiger partial charge in [-0.2, -0.15) is 0 Å². The molecule has 0 saturated carbocycles. The Labute approximate surface area is 111 Å². The summed E-state index contributed by atoms with van der Waals surface area (Å²) in [4.78, 5) is 0. The van der Waals surface area contributed by atoms with E-state index in [-0.39, 0.29) is 6.29 Å². The van der Waals surface area contributed by atoms with Crippen molar-refractivity contribution in [1.29, 1.82) is 0 Å². The van der Waals surface area contributed by atoms with Crippen molar-refractivity contribution in [3.8, 4) is 0 Å². The van der Waals surface area contributed by atoms with E-state index in [9.17, 15) is 0 Å². The highest BCUT2D eigenvalue weighted by molar-refractivity contribution is 4.70. The molecule has 1 rings (SSSR count). The maximum atomic E-state index is 5.79. The van der Waals surface area contributed by atoms with Gasteiger partial charge in [-0.05, 0) is 32.1 Å². The lowest BCUT2D eigenvalue weighted by atomic mass is 10.0. The fourth-order valence-corrected chi connectivity index (χ4v) is 2.00. The zero-order valence-electron chi connectivity index (χ0n) is 12.1. The second-order valence-corrected chi connectivity index (χ2v) is 5.48. The Kier molecular flexibility index (Phi) is 7.90. The maximum Gasteiger partial charge on any atom is 0.239 e. The van der Waals surface area contributed by atoms with Gasteiger partial charge in [0.05, 0.1) is 6.10 Å². The summed E-state index contributed by atoms with van der Waals surface area (Å²) in [5, 5.41) is 0. The predicted octanol–water partition coefficient (Wildman–Crippen LogP) is 4.23. The molecule has 0 amide bonds. The molecule has 0 radical (unpaired) electrons. The van der Waals surface area contributed by atoms with E-state index in [1.54, 1.807) is 12.5 Å². The minimum atomic E-state index is -0.0616.